The normalized spacial score (nSPS) is 12.9. The van der Waals surface area contributed by atoms with Crippen molar-refractivity contribution in [3.8, 4) is 34.0 Å². The first kappa shape index (κ1) is 24.2. The van der Waals surface area contributed by atoms with Crippen LogP contribution in [0.15, 0.2) is 41.8 Å². The lowest BCUT2D eigenvalue weighted by Crippen LogP contribution is -2.28. The minimum atomic E-state index is -0.751. The van der Waals surface area contributed by atoms with Crippen LogP contribution in [0.5, 0.6) is 11.5 Å². The number of allylic oxidation sites excluding steroid dienone is 2. The van der Waals surface area contributed by atoms with Gasteiger partial charge in [-0.3, -0.25) is 9.59 Å². The zero-order chi connectivity index (χ0) is 26.3. The highest BCUT2D eigenvalue weighted by Crippen LogP contribution is 2.44. The highest BCUT2D eigenvalue weighted by molar-refractivity contribution is 6.25. The summed E-state index contributed by atoms with van der Waals surface area (Å²) in [5.74, 6) is -2.32. The molecule has 0 amide bonds. The number of ketones is 2. The molecule has 5 N–H and O–H groups in total. The topological polar surface area (TPSA) is 177 Å². The van der Waals surface area contributed by atoms with Gasteiger partial charge in [0.05, 0.1) is 38.3 Å². The fourth-order valence-electron chi connectivity index (χ4n) is 4.05. The predicted molar refractivity (Wildman–Crippen MR) is 128 cm³/mol. The molecule has 0 aliphatic heterocycles. The van der Waals surface area contributed by atoms with E-state index in [1.807, 2.05) is 0 Å². The number of ether oxygens (including phenoxy) is 3. The number of phenolic OH excluding ortho intramolecular Hbond substituents is 1. The predicted octanol–water partition coefficient (Wildman–Crippen LogP) is 2.40. The molecule has 1 aliphatic rings. The van der Waals surface area contributed by atoms with E-state index < -0.39 is 17.5 Å². The highest BCUT2D eigenvalue weighted by Gasteiger charge is 2.34. The number of carbonyl (C=O) groups excluding carboxylic acids is 3. The summed E-state index contributed by atoms with van der Waals surface area (Å²) < 4.78 is 15.1. The molecule has 3 aromatic rings. The molecule has 36 heavy (non-hydrogen) atoms. The quantitative estimate of drug-likeness (QED) is 0.447. The van der Waals surface area contributed by atoms with Crippen LogP contribution >= 0.6 is 0 Å². The number of esters is 1. The Labute approximate surface area is 205 Å². The number of hydrogen-bond acceptors (Lipinski definition) is 11. The number of nitrogens with zero attached hydrogens (tertiary/aromatic N) is 2. The fourth-order valence-corrected chi connectivity index (χ4v) is 4.05. The van der Waals surface area contributed by atoms with Crippen molar-refractivity contribution in [1.82, 2.24) is 9.97 Å². The minimum absolute atomic E-state index is 0.000613. The molecule has 0 radical (unpaired) electrons. The fraction of sp³-hybridized carbons (Fsp3) is 0.160. The van der Waals surface area contributed by atoms with Gasteiger partial charge in [-0.15, -0.1) is 0 Å². The number of hydrogen-bond donors (Lipinski definition) is 3. The monoisotopic (exact) mass is 490 g/mol. The van der Waals surface area contributed by atoms with Gasteiger partial charge in [0.25, 0.3) is 0 Å². The molecule has 0 bridgehead atoms. The molecule has 0 saturated heterocycles. The van der Waals surface area contributed by atoms with Gasteiger partial charge in [-0.1, -0.05) is 12.1 Å². The van der Waals surface area contributed by atoms with Crippen LogP contribution in [0.4, 0.5) is 5.69 Å². The lowest BCUT2D eigenvalue weighted by Gasteiger charge is -2.20. The number of fused-ring (bicyclic) bond motifs is 1. The molecule has 1 aliphatic carbocycles. The number of anilines is 1. The number of benzene rings is 1. The number of nitrogen functional groups attached to an aromatic ring is 1. The van der Waals surface area contributed by atoms with Crippen molar-refractivity contribution in [2.45, 2.75) is 6.92 Å². The number of Topliss-reactive ketones (excluding diaryl/α,β-unsaturated/α-hetero) is 2. The second kappa shape index (κ2) is 9.02. The molecule has 0 unspecified atom stereocenters. The summed E-state index contributed by atoms with van der Waals surface area (Å²) in [5.41, 5.74) is 12.8. The average Bonchev–Trinajstić information content (AvgIpc) is 2.88. The van der Waals surface area contributed by atoms with Gasteiger partial charge < -0.3 is 30.8 Å². The Hall–Kier alpha value is -4.93. The van der Waals surface area contributed by atoms with E-state index in [0.29, 0.717) is 11.1 Å². The number of phenols is 1. The maximum atomic E-state index is 12.8. The number of carbonyl (C=O) groups is 3. The smallest absolute Gasteiger partial charge is 0.356 e. The van der Waals surface area contributed by atoms with Crippen LogP contribution in [0.2, 0.25) is 0 Å². The standard InChI is InChI=1S/C25H22N4O7/c1-10-15(11-6-5-7-14(34-2)21(11)30)16(26)20(29-18(10)25(33)36-4)13-9-8-12-19(28-13)23(32)17(27)24(35-3)22(12)31/h5-9,30H,26-27H2,1-4H3. The van der Waals surface area contributed by atoms with Gasteiger partial charge in [0.15, 0.2) is 23.0 Å². The second-order valence-corrected chi connectivity index (χ2v) is 7.77. The first-order valence-electron chi connectivity index (χ1n) is 10.5. The zero-order valence-electron chi connectivity index (χ0n) is 19.8. The van der Waals surface area contributed by atoms with Crippen molar-refractivity contribution in [2.24, 2.45) is 5.73 Å². The SMILES string of the molecule is COC(=O)c1nc(-c2ccc3c(n2)C(=O)C(N)=C(OC)C3=O)c(N)c(-c2cccc(OC)c2O)c1C. The van der Waals surface area contributed by atoms with Crippen molar-refractivity contribution in [3.05, 3.63) is 64.3 Å². The van der Waals surface area contributed by atoms with Crippen LogP contribution < -0.4 is 16.2 Å². The maximum absolute atomic E-state index is 12.8. The van der Waals surface area contributed by atoms with E-state index >= 15 is 0 Å². The lowest BCUT2D eigenvalue weighted by molar-refractivity contribution is 0.0593. The van der Waals surface area contributed by atoms with Crippen LogP contribution in [-0.2, 0) is 9.47 Å². The van der Waals surface area contributed by atoms with Gasteiger partial charge in [-0.2, -0.15) is 0 Å². The zero-order valence-corrected chi connectivity index (χ0v) is 19.8. The molecular formula is C25H22N4O7. The summed E-state index contributed by atoms with van der Waals surface area (Å²) in [6.45, 7) is 1.61. The average molecular weight is 490 g/mol. The number of aromatic hydroxyl groups is 1. The lowest BCUT2D eigenvalue weighted by atomic mass is 9.93. The Kier molecular flexibility index (Phi) is 6.07. The molecule has 2 aromatic heterocycles. The van der Waals surface area contributed by atoms with Gasteiger partial charge in [0.1, 0.15) is 17.1 Å². The highest BCUT2D eigenvalue weighted by atomic mass is 16.5. The Morgan fingerprint density at radius 1 is 0.917 bits per heavy atom. The number of aromatic nitrogens is 2. The van der Waals surface area contributed by atoms with E-state index in [2.05, 4.69) is 9.97 Å². The number of para-hydroxylation sites is 1. The van der Waals surface area contributed by atoms with E-state index in [-0.39, 0.29) is 62.5 Å². The molecule has 1 aromatic carbocycles. The number of methoxy groups -OCH3 is 3. The van der Waals surface area contributed by atoms with Gasteiger partial charge in [0.2, 0.25) is 11.6 Å². The molecule has 0 atom stereocenters. The van der Waals surface area contributed by atoms with E-state index in [0.717, 1.165) is 0 Å². The van der Waals surface area contributed by atoms with Crippen LogP contribution in [0.1, 0.15) is 36.9 Å². The number of nitrogens with two attached hydrogens (primary N) is 2. The van der Waals surface area contributed by atoms with E-state index in [1.54, 1.807) is 25.1 Å². The summed E-state index contributed by atoms with van der Waals surface area (Å²) >= 11 is 0. The van der Waals surface area contributed by atoms with E-state index in [9.17, 15) is 19.5 Å². The molecular weight excluding hydrogens is 468 g/mol. The molecule has 184 valence electrons. The third-order valence-electron chi connectivity index (χ3n) is 5.84. The molecule has 2 heterocycles. The first-order chi connectivity index (χ1) is 17.2. The molecule has 4 rings (SSSR count). The summed E-state index contributed by atoms with van der Waals surface area (Å²) in [6.07, 6.45) is 0. The Morgan fingerprint density at radius 2 is 1.64 bits per heavy atom. The van der Waals surface area contributed by atoms with Crippen LogP contribution in [-0.4, -0.2) is 53.9 Å². The van der Waals surface area contributed by atoms with Gasteiger partial charge in [-0.25, -0.2) is 14.8 Å². The summed E-state index contributed by atoms with van der Waals surface area (Å²) in [4.78, 5) is 46.8. The van der Waals surface area contributed by atoms with Gasteiger partial charge in [-0.05, 0) is 30.7 Å². The van der Waals surface area contributed by atoms with E-state index in [4.69, 9.17) is 25.7 Å². The summed E-state index contributed by atoms with van der Waals surface area (Å²) in [7, 11) is 3.84. The van der Waals surface area contributed by atoms with Crippen LogP contribution in [0.25, 0.3) is 22.5 Å². The molecule has 0 saturated carbocycles. The molecule has 0 fully saturated rings. The third kappa shape index (κ3) is 3.57. The van der Waals surface area contributed by atoms with Gasteiger partial charge in [0, 0.05) is 11.1 Å². The van der Waals surface area contributed by atoms with E-state index in [1.165, 1.54) is 33.5 Å². The first-order valence-corrected chi connectivity index (χ1v) is 10.5. The number of pyridine rings is 2. The van der Waals surface area contributed by atoms with Crippen molar-refractivity contribution in [3.63, 3.8) is 0 Å². The Morgan fingerprint density at radius 3 is 2.28 bits per heavy atom. The van der Waals surface area contributed by atoms with Crippen molar-refractivity contribution >= 4 is 23.2 Å². The molecule has 0 spiro atoms. The largest absolute Gasteiger partial charge is 0.504 e. The molecule has 11 heteroatoms. The minimum Gasteiger partial charge on any atom is -0.504 e. The maximum Gasteiger partial charge on any atom is 0.356 e. The Balaban J connectivity index is 2.01. The number of rotatable bonds is 5. The van der Waals surface area contributed by atoms with Crippen LogP contribution in [0, 0.1) is 6.92 Å². The summed E-state index contributed by atoms with van der Waals surface area (Å²) in [6, 6.07) is 7.62. The van der Waals surface area contributed by atoms with Gasteiger partial charge >= 0.3 is 5.97 Å². The van der Waals surface area contributed by atoms with Crippen LogP contribution in [0.3, 0.4) is 0 Å². The third-order valence-corrected chi connectivity index (χ3v) is 5.84. The van der Waals surface area contributed by atoms with Crippen molar-refractivity contribution in [1.29, 1.82) is 0 Å². The second-order valence-electron chi connectivity index (χ2n) is 7.77. The van der Waals surface area contributed by atoms with Crippen molar-refractivity contribution < 1.29 is 33.7 Å². The summed E-state index contributed by atoms with van der Waals surface area (Å²) in [5, 5.41) is 10.8. The molecule has 11 nitrogen and oxygen atoms in total. The Bertz CT molecular complexity index is 1490. The van der Waals surface area contributed by atoms with Crippen molar-refractivity contribution in [2.75, 3.05) is 27.1 Å².